The van der Waals surface area contributed by atoms with Gasteiger partial charge in [0.1, 0.15) is 0 Å². The lowest BCUT2D eigenvalue weighted by atomic mass is 10.2. The van der Waals surface area contributed by atoms with Gasteiger partial charge in [-0.15, -0.1) is 0 Å². The topological polar surface area (TPSA) is 59.2 Å². The van der Waals surface area contributed by atoms with Crippen LogP contribution in [0, 0.1) is 6.20 Å². The zero-order valence-corrected chi connectivity index (χ0v) is 9.56. The lowest BCUT2D eigenvalue weighted by Gasteiger charge is -2.20. The lowest BCUT2D eigenvalue weighted by Crippen LogP contribution is -2.31. The van der Waals surface area contributed by atoms with Crippen LogP contribution in [0.4, 0.5) is 16.2 Å². The average Bonchev–Trinajstić information content (AvgIpc) is 2.30. The van der Waals surface area contributed by atoms with Gasteiger partial charge in [-0.2, -0.15) is 0 Å². The molecular formula is C12H9ClN3O. The third-order valence-corrected chi connectivity index (χ3v) is 2.38. The smallest absolute Gasteiger partial charge is 0.323 e. The van der Waals surface area contributed by atoms with Gasteiger partial charge in [0.2, 0.25) is 0 Å². The summed E-state index contributed by atoms with van der Waals surface area (Å²) in [4.78, 5) is 16.6. The molecule has 0 saturated heterocycles. The van der Waals surface area contributed by atoms with E-state index in [4.69, 9.17) is 17.3 Å². The predicted molar refractivity (Wildman–Crippen MR) is 66.2 cm³/mol. The summed E-state index contributed by atoms with van der Waals surface area (Å²) in [6.45, 7) is 0. The van der Waals surface area contributed by atoms with E-state index in [1.165, 1.54) is 11.1 Å². The first-order chi connectivity index (χ1) is 8.18. The Bertz CT molecular complexity index is 530. The van der Waals surface area contributed by atoms with Gasteiger partial charge in [0, 0.05) is 5.02 Å². The number of hydrogen-bond acceptors (Lipinski definition) is 2. The van der Waals surface area contributed by atoms with Gasteiger partial charge in [-0.1, -0.05) is 17.7 Å². The first-order valence-corrected chi connectivity index (χ1v) is 5.23. The van der Waals surface area contributed by atoms with Crippen LogP contribution in [-0.2, 0) is 0 Å². The van der Waals surface area contributed by atoms with Crippen LogP contribution in [0.5, 0.6) is 0 Å². The summed E-state index contributed by atoms with van der Waals surface area (Å²) in [5.74, 6) is 0. The van der Waals surface area contributed by atoms with E-state index < -0.39 is 6.03 Å². The summed E-state index contributed by atoms with van der Waals surface area (Å²) < 4.78 is 0. The van der Waals surface area contributed by atoms with Gasteiger partial charge in [-0.05, 0) is 30.3 Å². The molecule has 2 N–H and O–H groups in total. The molecule has 0 spiro atoms. The minimum absolute atomic E-state index is 0.532. The van der Waals surface area contributed by atoms with Crippen molar-refractivity contribution in [3.63, 3.8) is 0 Å². The maximum atomic E-state index is 11.5. The molecule has 0 fully saturated rings. The van der Waals surface area contributed by atoms with Crippen LogP contribution in [0.2, 0.25) is 5.02 Å². The molecule has 1 radical (unpaired) electrons. The second kappa shape index (κ2) is 4.84. The highest BCUT2D eigenvalue weighted by Gasteiger charge is 2.14. The number of primary amides is 1. The van der Waals surface area contributed by atoms with Crippen molar-refractivity contribution in [3.05, 3.63) is 53.8 Å². The number of benzene rings is 1. The van der Waals surface area contributed by atoms with Crippen molar-refractivity contribution in [1.29, 1.82) is 0 Å². The number of carbonyl (C=O) groups is 1. The number of anilines is 2. The Kier molecular flexibility index (Phi) is 3.25. The van der Waals surface area contributed by atoms with Crippen molar-refractivity contribution in [2.24, 2.45) is 5.73 Å². The molecule has 0 atom stereocenters. The monoisotopic (exact) mass is 246 g/mol. The van der Waals surface area contributed by atoms with Gasteiger partial charge in [-0.3, -0.25) is 9.88 Å². The Morgan fingerprint density at radius 3 is 2.76 bits per heavy atom. The number of nitrogens with two attached hydrogens (primary N) is 1. The number of hydrogen-bond donors (Lipinski definition) is 1. The minimum atomic E-state index is -0.597. The second-order valence-electron chi connectivity index (χ2n) is 3.30. The number of rotatable bonds is 2. The highest BCUT2D eigenvalue weighted by molar-refractivity contribution is 6.31. The molecule has 0 bridgehead atoms. The Morgan fingerprint density at radius 2 is 2.18 bits per heavy atom. The van der Waals surface area contributed by atoms with Crippen molar-refractivity contribution in [3.8, 4) is 0 Å². The molecule has 0 aliphatic heterocycles. The first-order valence-electron chi connectivity index (χ1n) is 4.86. The molecule has 0 aliphatic rings. The van der Waals surface area contributed by atoms with E-state index in [0.29, 0.717) is 16.4 Å². The molecule has 85 valence electrons. The van der Waals surface area contributed by atoms with E-state index >= 15 is 0 Å². The van der Waals surface area contributed by atoms with Crippen LogP contribution in [0.1, 0.15) is 0 Å². The molecule has 1 aromatic carbocycles. The molecule has 0 unspecified atom stereocenters. The molecule has 1 aromatic heterocycles. The van der Waals surface area contributed by atoms with Crippen molar-refractivity contribution in [1.82, 2.24) is 4.98 Å². The third kappa shape index (κ3) is 2.54. The first kappa shape index (κ1) is 11.4. The van der Waals surface area contributed by atoms with Gasteiger partial charge < -0.3 is 5.73 Å². The Hall–Kier alpha value is -2.07. The lowest BCUT2D eigenvalue weighted by molar-refractivity contribution is 0.256. The summed E-state index contributed by atoms with van der Waals surface area (Å²) in [5.41, 5.74) is 6.52. The Morgan fingerprint density at radius 1 is 1.35 bits per heavy atom. The van der Waals surface area contributed by atoms with Gasteiger partial charge in [0.25, 0.3) is 0 Å². The van der Waals surface area contributed by atoms with Gasteiger partial charge >= 0.3 is 6.03 Å². The summed E-state index contributed by atoms with van der Waals surface area (Å²) in [6.07, 6.45) is 4.14. The van der Waals surface area contributed by atoms with Crippen molar-refractivity contribution in [2.75, 3.05) is 4.90 Å². The SMILES string of the molecule is NC(=O)N(c1cc[c]nc1)c1cccc(Cl)c1. The van der Waals surface area contributed by atoms with Crippen molar-refractivity contribution in [2.45, 2.75) is 0 Å². The number of amides is 2. The van der Waals surface area contributed by atoms with Crippen LogP contribution in [0.3, 0.4) is 0 Å². The van der Waals surface area contributed by atoms with Gasteiger partial charge in [0.05, 0.1) is 23.8 Å². The van der Waals surface area contributed by atoms with E-state index in [1.54, 1.807) is 36.4 Å². The zero-order chi connectivity index (χ0) is 12.3. The quantitative estimate of drug-likeness (QED) is 0.886. The average molecular weight is 247 g/mol. The molecule has 0 aliphatic carbocycles. The van der Waals surface area contributed by atoms with Gasteiger partial charge in [0.15, 0.2) is 0 Å². The molecule has 2 rings (SSSR count). The number of nitrogens with zero attached hydrogens (tertiary/aromatic N) is 2. The molecule has 17 heavy (non-hydrogen) atoms. The van der Waals surface area contributed by atoms with Crippen LogP contribution < -0.4 is 10.6 Å². The standard InChI is InChI=1S/C12H9ClN3O/c13-9-3-1-4-10(7-9)16(12(14)17)11-5-2-6-15-8-11/h1-5,7-8H,(H2,14,17). The van der Waals surface area contributed by atoms with Gasteiger partial charge in [-0.25, -0.2) is 4.79 Å². The molecular weight excluding hydrogens is 238 g/mol. The van der Waals surface area contributed by atoms with Crippen LogP contribution in [0.15, 0.2) is 42.6 Å². The number of urea groups is 1. The van der Waals surface area contributed by atoms with Crippen LogP contribution in [0.25, 0.3) is 0 Å². The van der Waals surface area contributed by atoms with E-state index in [1.807, 2.05) is 0 Å². The number of aromatic nitrogens is 1. The van der Waals surface area contributed by atoms with E-state index in [0.717, 1.165) is 0 Å². The fraction of sp³-hybridized carbons (Fsp3) is 0. The molecule has 2 amide bonds. The summed E-state index contributed by atoms with van der Waals surface area (Å²) in [5, 5.41) is 0.532. The Balaban J connectivity index is 2.47. The van der Waals surface area contributed by atoms with Crippen molar-refractivity contribution < 1.29 is 4.79 Å². The van der Waals surface area contributed by atoms with Crippen molar-refractivity contribution >= 4 is 29.0 Å². The summed E-state index contributed by atoms with van der Waals surface area (Å²) >= 11 is 5.88. The molecule has 0 saturated carbocycles. The molecule has 2 aromatic rings. The van der Waals surface area contributed by atoms with E-state index in [9.17, 15) is 4.79 Å². The summed E-state index contributed by atoms with van der Waals surface area (Å²) in [6, 6.07) is 9.57. The second-order valence-corrected chi connectivity index (χ2v) is 3.74. The number of carbonyl (C=O) groups excluding carboxylic acids is 1. The van der Waals surface area contributed by atoms with E-state index in [2.05, 4.69) is 11.2 Å². The third-order valence-electron chi connectivity index (χ3n) is 2.14. The fourth-order valence-electron chi connectivity index (χ4n) is 1.46. The highest BCUT2D eigenvalue weighted by Crippen LogP contribution is 2.26. The molecule has 1 heterocycles. The Labute approximate surface area is 104 Å². The van der Waals surface area contributed by atoms with Crippen LogP contribution in [-0.4, -0.2) is 11.0 Å². The zero-order valence-electron chi connectivity index (χ0n) is 8.80. The fourth-order valence-corrected chi connectivity index (χ4v) is 1.65. The predicted octanol–water partition coefficient (Wildman–Crippen LogP) is 2.75. The number of pyridine rings is 1. The largest absolute Gasteiger partial charge is 0.351 e. The van der Waals surface area contributed by atoms with E-state index in [-0.39, 0.29) is 0 Å². The molecule has 5 heteroatoms. The molecule has 4 nitrogen and oxygen atoms in total. The maximum absolute atomic E-state index is 11.5. The summed E-state index contributed by atoms with van der Waals surface area (Å²) in [7, 11) is 0. The minimum Gasteiger partial charge on any atom is -0.351 e. The van der Waals surface area contributed by atoms with Crippen LogP contribution >= 0.6 is 11.6 Å². The maximum Gasteiger partial charge on any atom is 0.323 e. The highest BCUT2D eigenvalue weighted by atomic mass is 35.5. The normalized spacial score (nSPS) is 9.94. The number of halogens is 1.